The van der Waals surface area contributed by atoms with Crippen molar-refractivity contribution in [3.63, 3.8) is 0 Å². The van der Waals surface area contributed by atoms with E-state index in [1.165, 1.54) is 0 Å². The van der Waals surface area contributed by atoms with E-state index in [9.17, 15) is 4.79 Å². The van der Waals surface area contributed by atoms with Crippen LogP contribution < -0.4 is 14.8 Å². The fourth-order valence-electron chi connectivity index (χ4n) is 4.22. The lowest BCUT2D eigenvalue weighted by atomic mass is 10.1. The highest BCUT2D eigenvalue weighted by Gasteiger charge is 2.17. The molecular formula is C29H34ClN3O4. The fraction of sp³-hybridized carbons (Fsp3) is 0.345. The van der Waals surface area contributed by atoms with Crippen LogP contribution in [0.25, 0.3) is 0 Å². The third kappa shape index (κ3) is 8.39. The molecule has 0 bridgehead atoms. The summed E-state index contributed by atoms with van der Waals surface area (Å²) in [6.45, 7) is 5.79. The van der Waals surface area contributed by atoms with E-state index in [1.54, 1.807) is 19.2 Å². The fourth-order valence-corrected chi connectivity index (χ4v) is 4.41. The van der Waals surface area contributed by atoms with Crippen molar-refractivity contribution in [1.29, 1.82) is 0 Å². The Hall–Kier alpha value is -3.26. The zero-order valence-corrected chi connectivity index (χ0v) is 22.0. The normalized spacial score (nSPS) is 13.7. The van der Waals surface area contributed by atoms with Crippen molar-refractivity contribution in [1.82, 2.24) is 9.80 Å². The molecule has 7 nitrogen and oxygen atoms in total. The number of hydrogen-bond donors (Lipinski definition) is 1. The predicted octanol–water partition coefficient (Wildman–Crippen LogP) is 5.68. The van der Waals surface area contributed by atoms with E-state index in [1.807, 2.05) is 65.6 Å². The lowest BCUT2D eigenvalue weighted by Gasteiger charge is -2.28. The highest BCUT2D eigenvalue weighted by molar-refractivity contribution is 6.30. The van der Waals surface area contributed by atoms with Crippen LogP contribution in [0.4, 0.5) is 10.5 Å². The first-order valence-electron chi connectivity index (χ1n) is 12.6. The number of nitrogens with one attached hydrogen (secondary N) is 1. The van der Waals surface area contributed by atoms with E-state index in [2.05, 4.69) is 10.2 Å². The molecule has 8 heteroatoms. The average molecular weight is 524 g/mol. The molecular weight excluding hydrogens is 490 g/mol. The summed E-state index contributed by atoms with van der Waals surface area (Å²) in [5, 5.41) is 3.56. The maximum Gasteiger partial charge on any atom is 0.322 e. The van der Waals surface area contributed by atoms with E-state index in [4.69, 9.17) is 25.8 Å². The number of rotatable bonds is 11. The smallest absolute Gasteiger partial charge is 0.322 e. The molecule has 37 heavy (non-hydrogen) atoms. The molecule has 0 aliphatic carbocycles. The average Bonchev–Trinajstić information content (AvgIpc) is 2.93. The molecule has 1 N–H and O–H groups in total. The Morgan fingerprint density at radius 3 is 2.57 bits per heavy atom. The molecule has 196 valence electrons. The minimum Gasteiger partial charge on any atom is -0.493 e. The second kappa shape index (κ2) is 13.9. The van der Waals surface area contributed by atoms with Crippen LogP contribution in [-0.2, 0) is 17.9 Å². The standard InChI is InChI=1S/C29H34ClN3O4/c1-35-28-19-24(11-12-27(28)37-22-23-7-3-2-4-8-23)21-33(14-6-13-32-15-17-36-18-16-32)29(34)31-26-10-5-9-25(30)20-26/h2-5,7-12,19-20H,6,13-18,21-22H2,1H3,(H,31,34). The summed E-state index contributed by atoms with van der Waals surface area (Å²) in [6, 6.07) is 22.8. The van der Waals surface area contributed by atoms with Crippen molar-refractivity contribution in [2.24, 2.45) is 0 Å². The van der Waals surface area contributed by atoms with E-state index >= 15 is 0 Å². The van der Waals surface area contributed by atoms with Crippen LogP contribution in [0.1, 0.15) is 17.5 Å². The summed E-state index contributed by atoms with van der Waals surface area (Å²) in [5.41, 5.74) is 2.70. The van der Waals surface area contributed by atoms with Crippen LogP contribution in [0.2, 0.25) is 5.02 Å². The molecule has 4 rings (SSSR count). The zero-order valence-electron chi connectivity index (χ0n) is 21.2. The van der Waals surface area contributed by atoms with Gasteiger partial charge in [0.25, 0.3) is 0 Å². The quantitative estimate of drug-likeness (QED) is 0.350. The Morgan fingerprint density at radius 1 is 1.00 bits per heavy atom. The monoisotopic (exact) mass is 523 g/mol. The SMILES string of the molecule is COc1cc(CN(CCCN2CCOCC2)C(=O)Nc2cccc(Cl)c2)ccc1OCc1ccccc1. The van der Waals surface area contributed by atoms with Gasteiger partial charge in [0, 0.05) is 43.4 Å². The van der Waals surface area contributed by atoms with Gasteiger partial charge in [0.2, 0.25) is 0 Å². The predicted molar refractivity (Wildman–Crippen MR) is 147 cm³/mol. The van der Waals surface area contributed by atoms with Gasteiger partial charge in [-0.2, -0.15) is 0 Å². The topological polar surface area (TPSA) is 63.3 Å². The zero-order chi connectivity index (χ0) is 25.9. The molecule has 3 aromatic carbocycles. The van der Waals surface area contributed by atoms with Gasteiger partial charge in [-0.25, -0.2) is 4.79 Å². The van der Waals surface area contributed by atoms with Crippen molar-refractivity contribution in [2.75, 3.05) is 51.8 Å². The maximum atomic E-state index is 13.3. The van der Waals surface area contributed by atoms with Gasteiger partial charge in [-0.1, -0.05) is 54.1 Å². The number of ether oxygens (including phenoxy) is 3. The molecule has 1 aliphatic heterocycles. The van der Waals surface area contributed by atoms with Gasteiger partial charge in [0.15, 0.2) is 11.5 Å². The second-order valence-electron chi connectivity index (χ2n) is 8.93. The lowest BCUT2D eigenvalue weighted by molar-refractivity contribution is 0.0365. The lowest BCUT2D eigenvalue weighted by Crippen LogP contribution is -2.40. The summed E-state index contributed by atoms with van der Waals surface area (Å²) in [5.74, 6) is 1.30. The summed E-state index contributed by atoms with van der Waals surface area (Å²) in [7, 11) is 1.63. The molecule has 3 aromatic rings. The highest BCUT2D eigenvalue weighted by Crippen LogP contribution is 2.29. The first-order valence-corrected chi connectivity index (χ1v) is 12.9. The molecule has 0 radical (unpaired) electrons. The number of urea groups is 1. The molecule has 0 atom stereocenters. The van der Waals surface area contributed by atoms with Gasteiger partial charge in [-0.3, -0.25) is 4.90 Å². The molecule has 1 saturated heterocycles. The molecule has 2 amide bonds. The van der Waals surface area contributed by atoms with Crippen molar-refractivity contribution >= 4 is 23.3 Å². The van der Waals surface area contributed by atoms with E-state index in [-0.39, 0.29) is 6.03 Å². The summed E-state index contributed by atoms with van der Waals surface area (Å²) in [4.78, 5) is 17.5. The number of carbonyl (C=O) groups excluding carboxylic acids is 1. The molecule has 1 heterocycles. The number of halogens is 1. The van der Waals surface area contributed by atoms with Crippen LogP contribution in [-0.4, -0.2) is 62.3 Å². The number of benzene rings is 3. The molecule has 0 unspecified atom stereocenters. The second-order valence-corrected chi connectivity index (χ2v) is 9.37. The number of methoxy groups -OCH3 is 1. The van der Waals surface area contributed by atoms with Gasteiger partial charge in [0.05, 0.1) is 20.3 Å². The summed E-state index contributed by atoms with van der Waals surface area (Å²) < 4.78 is 17.1. The Kier molecular flexibility index (Phi) is 10.1. The first kappa shape index (κ1) is 26.8. The minimum absolute atomic E-state index is 0.174. The van der Waals surface area contributed by atoms with Crippen LogP contribution in [0.3, 0.4) is 0 Å². The van der Waals surface area contributed by atoms with Gasteiger partial charge >= 0.3 is 6.03 Å². The van der Waals surface area contributed by atoms with E-state index < -0.39 is 0 Å². The van der Waals surface area contributed by atoms with Crippen LogP contribution in [0.5, 0.6) is 11.5 Å². The number of carbonyl (C=O) groups is 1. The largest absolute Gasteiger partial charge is 0.493 e. The number of hydrogen-bond acceptors (Lipinski definition) is 5. The third-order valence-electron chi connectivity index (χ3n) is 6.21. The van der Waals surface area contributed by atoms with E-state index in [0.717, 1.165) is 50.4 Å². The number of anilines is 1. The van der Waals surface area contributed by atoms with Crippen molar-refractivity contribution in [2.45, 2.75) is 19.6 Å². The Balaban J connectivity index is 1.43. The maximum absolute atomic E-state index is 13.3. The Bertz CT molecular complexity index is 1140. The van der Waals surface area contributed by atoms with Crippen LogP contribution >= 0.6 is 11.6 Å². The highest BCUT2D eigenvalue weighted by atomic mass is 35.5. The van der Waals surface area contributed by atoms with Gasteiger partial charge < -0.3 is 24.4 Å². The molecule has 1 fully saturated rings. The van der Waals surface area contributed by atoms with Gasteiger partial charge in [0.1, 0.15) is 6.61 Å². The number of amides is 2. The minimum atomic E-state index is -0.174. The molecule has 0 saturated carbocycles. The molecule has 1 aliphatic rings. The molecule has 0 aromatic heterocycles. The van der Waals surface area contributed by atoms with Crippen molar-refractivity contribution in [3.05, 3.63) is 88.9 Å². The third-order valence-corrected chi connectivity index (χ3v) is 6.44. The van der Waals surface area contributed by atoms with Gasteiger partial charge in [-0.05, 0) is 47.9 Å². The first-order chi connectivity index (χ1) is 18.1. The summed E-state index contributed by atoms with van der Waals surface area (Å²) in [6.07, 6.45) is 0.859. The number of morpholine rings is 1. The van der Waals surface area contributed by atoms with Gasteiger partial charge in [-0.15, -0.1) is 0 Å². The number of nitrogens with zero attached hydrogens (tertiary/aromatic N) is 2. The van der Waals surface area contributed by atoms with Crippen molar-refractivity contribution in [3.8, 4) is 11.5 Å². The van der Waals surface area contributed by atoms with E-state index in [0.29, 0.717) is 41.9 Å². The van der Waals surface area contributed by atoms with Crippen LogP contribution in [0.15, 0.2) is 72.8 Å². The molecule has 0 spiro atoms. The van der Waals surface area contributed by atoms with Crippen molar-refractivity contribution < 1.29 is 19.0 Å². The Morgan fingerprint density at radius 2 is 1.81 bits per heavy atom. The van der Waals surface area contributed by atoms with Crippen LogP contribution in [0, 0.1) is 0 Å². The summed E-state index contributed by atoms with van der Waals surface area (Å²) >= 11 is 6.11. The Labute approximate surface area is 223 Å².